The predicted octanol–water partition coefficient (Wildman–Crippen LogP) is -0.0602. The first-order chi connectivity index (χ1) is 7.29. The number of amides is 1. The van der Waals surface area contributed by atoms with Gasteiger partial charge in [-0.05, 0) is 0 Å². The lowest BCUT2D eigenvalue weighted by Gasteiger charge is -2.04. The van der Waals surface area contributed by atoms with Crippen molar-refractivity contribution in [1.29, 1.82) is 0 Å². The molecule has 0 unspecified atom stereocenters. The lowest BCUT2D eigenvalue weighted by molar-refractivity contribution is -0.114. The van der Waals surface area contributed by atoms with Crippen LogP contribution in [-0.2, 0) is 4.79 Å². The van der Waals surface area contributed by atoms with Gasteiger partial charge in [0.2, 0.25) is 0 Å². The highest BCUT2D eigenvalue weighted by molar-refractivity contribution is 6.45. The van der Waals surface area contributed by atoms with Crippen molar-refractivity contribution >= 4 is 11.6 Å². The topological polar surface area (TPSA) is 87.7 Å². The molecular formula is C10H13N3O2. The molecule has 0 radical (unpaired) electrons. The number of nitrogens with two attached hydrogens (primary N) is 1. The number of rotatable bonds is 4. The fourth-order valence-corrected chi connectivity index (χ4v) is 1.10. The van der Waals surface area contributed by atoms with Gasteiger partial charge < -0.3 is 16.3 Å². The molecule has 1 aromatic carbocycles. The maximum atomic E-state index is 11.5. The lowest BCUT2D eigenvalue weighted by atomic mass is 10.1. The number of nitrogens with zero attached hydrogens (tertiary/aromatic N) is 1. The molecule has 1 aromatic rings. The quantitative estimate of drug-likeness (QED) is 0.367. The van der Waals surface area contributed by atoms with Crippen molar-refractivity contribution in [2.24, 2.45) is 10.9 Å². The Morgan fingerprint density at radius 2 is 2.07 bits per heavy atom. The van der Waals surface area contributed by atoms with Crippen molar-refractivity contribution in [1.82, 2.24) is 5.32 Å². The van der Waals surface area contributed by atoms with Crippen molar-refractivity contribution in [2.75, 3.05) is 13.1 Å². The van der Waals surface area contributed by atoms with E-state index in [9.17, 15) is 4.79 Å². The Hall–Kier alpha value is -1.88. The van der Waals surface area contributed by atoms with Crippen LogP contribution in [-0.4, -0.2) is 29.9 Å². The van der Waals surface area contributed by atoms with E-state index in [1.165, 1.54) is 0 Å². The number of carbonyl (C=O) groups excluding carboxylic acids is 1. The highest BCUT2D eigenvalue weighted by Gasteiger charge is 2.13. The first-order valence-corrected chi connectivity index (χ1v) is 4.55. The third kappa shape index (κ3) is 3.07. The standard InChI is InChI=1S/C10H13N3O2/c11-6-7-12-10(14)9(13-15)8-4-2-1-3-5-8/h1-5,15H,6-7,11H2,(H,12,14)/b13-9-. The molecule has 1 amide bonds. The third-order valence-electron chi connectivity index (χ3n) is 1.79. The highest BCUT2D eigenvalue weighted by atomic mass is 16.4. The van der Waals surface area contributed by atoms with Crippen LogP contribution < -0.4 is 11.1 Å². The Morgan fingerprint density at radius 1 is 1.40 bits per heavy atom. The minimum Gasteiger partial charge on any atom is -0.410 e. The second-order valence-electron chi connectivity index (χ2n) is 2.86. The van der Waals surface area contributed by atoms with Gasteiger partial charge in [0, 0.05) is 18.7 Å². The molecule has 0 aromatic heterocycles. The summed E-state index contributed by atoms with van der Waals surface area (Å²) < 4.78 is 0. The molecule has 5 heteroatoms. The van der Waals surface area contributed by atoms with Crippen molar-refractivity contribution in [3.05, 3.63) is 35.9 Å². The van der Waals surface area contributed by atoms with Crippen molar-refractivity contribution < 1.29 is 10.0 Å². The van der Waals surface area contributed by atoms with E-state index in [4.69, 9.17) is 10.9 Å². The molecule has 0 atom stereocenters. The van der Waals surface area contributed by atoms with E-state index in [1.54, 1.807) is 24.3 Å². The van der Waals surface area contributed by atoms with Crippen LogP contribution in [0.5, 0.6) is 0 Å². The fraction of sp³-hybridized carbons (Fsp3) is 0.200. The molecule has 0 heterocycles. The first kappa shape index (κ1) is 11.2. The van der Waals surface area contributed by atoms with E-state index in [2.05, 4.69) is 10.5 Å². The van der Waals surface area contributed by atoms with Crippen LogP contribution >= 0.6 is 0 Å². The van der Waals surface area contributed by atoms with E-state index in [1.807, 2.05) is 6.07 Å². The maximum Gasteiger partial charge on any atom is 0.273 e. The van der Waals surface area contributed by atoms with Gasteiger partial charge in [-0.25, -0.2) is 0 Å². The summed E-state index contributed by atoms with van der Waals surface area (Å²) in [7, 11) is 0. The van der Waals surface area contributed by atoms with Gasteiger partial charge in [-0.15, -0.1) is 0 Å². The molecule has 0 aliphatic heterocycles. The zero-order valence-corrected chi connectivity index (χ0v) is 8.18. The molecule has 0 fully saturated rings. The molecule has 4 N–H and O–H groups in total. The van der Waals surface area contributed by atoms with E-state index in [0.29, 0.717) is 18.7 Å². The summed E-state index contributed by atoms with van der Waals surface area (Å²) in [6.45, 7) is 0.698. The average molecular weight is 207 g/mol. The molecule has 1 rings (SSSR count). The van der Waals surface area contributed by atoms with Gasteiger partial charge in [0.25, 0.3) is 5.91 Å². The van der Waals surface area contributed by atoms with Crippen LogP contribution in [0.2, 0.25) is 0 Å². The Balaban J connectivity index is 2.78. The second kappa shape index (κ2) is 5.77. The number of nitrogens with one attached hydrogen (secondary N) is 1. The van der Waals surface area contributed by atoms with E-state index in [0.717, 1.165) is 0 Å². The minimum atomic E-state index is -0.436. The van der Waals surface area contributed by atoms with Gasteiger partial charge >= 0.3 is 0 Å². The monoisotopic (exact) mass is 207 g/mol. The molecule has 0 bridgehead atoms. The number of benzene rings is 1. The molecule has 15 heavy (non-hydrogen) atoms. The van der Waals surface area contributed by atoms with Crippen LogP contribution in [0.1, 0.15) is 5.56 Å². The zero-order valence-electron chi connectivity index (χ0n) is 8.18. The van der Waals surface area contributed by atoms with Gasteiger partial charge in [0.05, 0.1) is 0 Å². The first-order valence-electron chi connectivity index (χ1n) is 4.55. The highest BCUT2D eigenvalue weighted by Crippen LogP contribution is 2.00. The largest absolute Gasteiger partial charge is 0.410 e. The van der Waals surface area contributed by atoms with Crippen molar-refractivity contribution in [3.63, 3.8) is 0 Å². The summed E-state index contributed by atoms with van der Waals surface area (Å²) in [5.41, 5.74) is 5.79. The minimum absolute atomic E-state index is 0.0101. The third-order valence-corrected chi connectivity index (χ3v) is 1.79. The van der Waals surface area contributed by atoms with Gasteiger partial charge in [0.15, 0.2) is 5.71 Å². The summed E-state index contributed by atoms with van der Waals surface area (Å²) in [5.74, 6) is -0.436. The van der Waals surface area contributed by atoms with Crippen molar-refractivity contribution in [3.8, 4) is 0 Å². The van der Waals surface area contributed by atoms with E-state index >= 15 is 0 Å². The SMILES string of the molecule is NCCNC(=O)/C(=N\O)c1ccccc1. The van der Waals surface area contributed by atoms with Crippen LogP contribution in [0.15, 0.2) is 35.5 Å². The van der Waals surface area contributed by atoms with Crippen LogP contribution in [0, 0.1) is 0 Å². The maximum absolute atomic E-state index is 11.5. The Morgan fingerprint density at radius 3 is 2.60 bits per heavy atom. The Kier molecular flexibility index (Phi) is 4.30. The normalized spacial score (nSPS) is 11.1. The van der Waals surface area contributed by atoms with Gasteiger partial charge in [-0.3, -0.25) is 4.79 Å². The fourth-order valence-electron chi connectivity index (χ4n) is 1.10. The molecule has 5 nitrogen and oxygen atoms in total. The van der Waals surface area contributed by atoms with E-state index in [-0.39, 0.29) is 5.71 Å². The smallest absolute Gasteiger partial charge is 0.273 e. The van der Waals surface area contributed by atoms with Crippen LogP contribution in [0.25, 0.3) is 0 Å². The van der Waals surface area contributed by atoms with E-state index < -0.39 is 5.91 Å². The number of hydrogen-bond acceptors (Lipinski definition) is 4. The van der Waals surface area contributed by atoms with Crippen LogP contribution in [0.4, 0.5) is 0 Å². The summed E-state index contributed by atoms with van der Waals surface area (Å²) in [6, 6.07) is 8.72. The summed E-state index contributed by atoms with van der Waals surface area (Å²) in [6.07, 6.45) is 0. The Labute approximate surface area is 87.6 Å². The summed E-state index contributed by atoms with van der Waals surface area (Å²) >= 11 is 0. The Bertz CT molecular complexity index is 349. The lowest BCUT2D eigenvalue weighted by Crippen LogP contribution is -2.35. The second-order valence-corrected chi connectivity index (χ2v) is 2.86. The molecule has 0 spiro atoms. The molecule has 0 aliphatic rings. The summed E-state index contributed by atoms with van der Waals surface area (Å²) in [4.78, 5) is 11.5. The van der Waals surface area contributed by atoms with Crippen LogP contribution in [0.3, 0.4) is 0 Å². The molecule has 0 aliphatic carbocycles. The average Bonchev–Trinajstić information content (AvgIpc) is 2.29. The molecule has 0 saturated heterocycles. The number of carbonyl (C=O) groups is 1. The molecular weight excluding hydrogens is 194 g/mol. The summed E-state index contributed by atoms with van der Waals surface area (Å²) in [5, 5.41) is 14.2. The molecule has 0 saturated carbocycles. The van der Waals surface area contributed by atoms with Gasteiger partial charge in [0.1, 0.15) is 0 Å². The van der Waals surface area contributed by atoms with Gasteiger partial charge in [-0.2, -0.15) is 0 Å². The number of oxime groups is 1. The molecule has 80 valence electrons. The number of hydrogen-bond donors (Lipinski definition) is 3. The van der Waals surface area contributed by atoms with Gasteiger partial charge in [-0.1, -0.05) is 35.5 Å². The zero-order chi connectivity index (χ0) is 11.1. The predicted molar refractivity (Wildman–Crippen MR) is 56.8 cm³/mol. The van der Waals surface area contributed by atoms with Crippen molar-refractivity contribution in [2.45, 2.75) is 0 Å².